The maximum absolute atomic E-state index is 5.51. The summed E-state index contributed by atoms with van der Waals surface area (Å²) in [6.45, 7) is 3.47. The van der Waals surface area contributed by atoms with Crippen molar-refractivity contribution in [2.24, 2.45) is 0 Å². The number of thiophene rings is 1. The van der Waals surface area contributed by atoms with Crippen molar-refractivity contribution in [2.45, 2.75) is 13.3 Å². The normalized spacial score (nSPS) is 10.6. The average Bonchev–Trinajstić information content (AvgIpc) is 3.04. The Morgan fingerprint density at radius 3 is 2.96 bits per heavy atom. The Labute approximate surface area is 154 Å². The highest BCUT2D eigenvalue weighted by Gasteiger charge is 2.06. The summed E-state index contributed by atoms with van der Waals surface area (Å²) >= 11 is 5.12. The van der Waals surface area contributed by atoms with Crippen molar-refractivity contribution < 1.29 is 4.74 Å². The van der Waals surface area contributed by atoms with E-state index in [9.17, 15) is 0 Å². The lowest BCUT2D eigenvalue weighted by atomic mass is 10.1. The Hall–Kier alpha value is -1.92. The van der Waals surface area contributed by atoms with E-state index >= 15 is 0 Å². The summed E-state index contributed by atoms with van der Waals surface area (Å²) in [4.78, 5) is 9.74. The van der Waals surface area contributed by atoms with Crippen LogP contribution in [0.1, 0.15) is 12.5 Å². The summed E-state index contributed by atoms with van der Waals surface area (Å²) in [5.41, 5.74) is 2.19. The van der Waals surface area contributed by atoms with E-state index in [0.717, 1.165) is 39.6 Å². The van der Waals surface area contributed by atoms with Gasteiger partial charge in [0.2, 0.25) is 0 Å². The van der Waals surface area contributed by atoms with Gasteiger partial charge in [-0.05, 0) is 31.0 Å². The molecule has 24 heavy (non-hydrogen) atoms. The number of hydrogen-bond donors (Lipinski definition) is 1. The SMILES string of the molecule is CCOc1csc(-c2cc(NCCc3cccc(Br)c3)ncn2)c1. The molecule has 0 spiro atoms. The molecule has 0 atom stereocenters. The van der Waals surface area contributed by atoms with E-state index in [1.807, 2.05) is 30.5 Å². The Kier molecular flexibility index (Phi) is 5.82. The first-order chi connectivity index (χ1) is 11.7. The van der Waals surface area contributed by atoms with Gasteiger partial charge >= 0.3 is 0 Å². The zero-order valence-corrected chi connectivity index (χ0v) is 15.7. The van der Waals surface area contributed by atoms with Gasteiger partial charge in [0.05, 0.1) is 17.2 Å². The third-order valence-corrected chi connectivity index (χ3v) is 4.84. The number of ether oxygens (including phenoxy) is 1. The topological polar surface area (TPSA) is 47.0 Å². The van der Waals surface area contributed by atoms with Crippen molar-refractivity contribution in [3.63, 3.8) is 0 Å². The van der Waals surface area contributed by atoms with Crippen LogP contribution in [0.3, 0.4) is 0 Å². The number of benzene rings is 1. The van der Waals surface area contributed by atoms with Crippen molar-refractivity contribution in [3.8, 4) is 16.3 Å². The second-order valence-electron chi connectivity index (χ2n) is 5.17. The molecule has 2 heterocycles. The van der Waals surface area contributed by atoms with Gasteiger partial charge in [-0.25, -0.2) is 9.97 Å². The molecule has 0 amide bonds. The van der Waals surface area contributed by atoms with E-state index in [4.69, 9.17) is 4.74 Å². The van der Waals surface area contributed by atoms with Crippen molar-refractivity contribution >= 4 is 33.1 Å². The minimum Gasteiger partial charge on any atom is -0.493 e. The first kappa shape index (κ1) is 16.9. The first-order valence-corrected chi connectivity index (χ1v) is 9.44. The van der Waals surface area contributed by atoms with Crippen molar-refractivity contribution in [1.82, 2.24) is 9.97 Å². The van der Waals surface area contributed by atoms with Gasteiger partial charge in [-0.1, -0.05) is 28.1 Å². The zero-order chi connectivity index (χ0) is 16.8. The van der Waals surface area contributed by atoms with Gasteiger partial charge in [0.25, 0.3) is 0 Å². The number of rotatable bonds is 7. The molecule has 1 N–H and O–H groups in total. The third kappa shape index (κ3) is 4.55. The van der Waals surface area contributed by atoms with Crippen molar-refractivity contribution in [3.05, 3.63) is 58.1 Å². The molecule has 0 saturated heterocycles. The van der Waals surface area contributed by atoms with Gasteiger partial charge in [0, 0.05) is 28.5 Å². The lowest BCUT2D eigenvalue weighted by molar-refractivity contribution is 0.342. The van der Waals surface area contributed by atoms with E-state index in [-0.39, 0.29) is 0 Å². The van der Waals surface area contributed by atoms with Gasteiger partial charge in [0.1, 0.15) is 17.9 Å². The summed E-state index contributed by atoms with van der Waals surface area (Å²) < 4.78 is 6.61. The lowest BCUT2D eigenvalue weighted by Gasteiger charge is -2.07. The summed E-state index contributed by atoms with van der Waals surface area (Å²) in [6.07, 6.45) is 2.53. The van der Waals surface area contributed by atoms with Crippen LogP contribution in [0.25, 0.3) is 10.6 Å². The molecule has 6 heteroatoms. The average molecular weight is 404 g/mol. The van der Waals surface area contributed by atoms with E-state index in [1.54, 1.807) is 17.7 Å². The Balaban J connectivity index is 1.62. The summed E-state index contributed by atoms with van der Waals surface area (Å²) in [5.74, 6) is 1.72. The van der Waals surface area contributed by atoms with Crippen LogP contribution in [-0.2, 0) is 6.42 Å². The number of anilines is 1. The van der Waals surface area contributed by atoms with Gasteiger partial charge in [0.15, 0.2) is 0 Å². The van der Waals surface area contributed by atoms with Crippen molar-refractivity contribution in [2.75, 3.05) is 18.5 Å². The highest BCUT2D eigenvalue weighted by molar-refractivity contribution is 9.10. The Bertz CT molecular complexity index is 806. The zero-order valence-electron chi connectivity index (χ0n) is 13.3. The molecule has 3 rings (SSSR count). The molecule has 0 unspecified atom stereocenters. The number of aromatic nitrogens is 2. The molecule has 124 valence electrons. The molecular weight excluding hydrogens is 386 g/mol. The molecule has 0 bridgehead atoms. The van der Waals surface area contributed by atoms with Crippen LogP contribution in [0.4, 0.5) is 5.82 Å². The minimum absolute atomic E-state index is 0.669. The monoisotopic (exact) mass is 403 g/mol. The largest absolute Gasteiger partial charge is 0.493 e. The molecule has 0 radical (unpaired) electrons. The molecule has 3 aromatic rings. The highest BCUT2D eigenvalue weighted by Crippen LogP contribution is 2.30. The molecule has 0 aliphatic rings. The predicted octanol–water partition coefficient (Wildman–Crippen LogP) is 5.02. The molecular formula is C18H18BrN3OS. The summed E-state index contributed by atoms with van der Waals surface area (Å²) in [5, 5.41) is 5.36. The molecule has 0 saturated carbocycles. The molecule has 2 aromatic heterocycles. The van der Waals surface area contributed by atoms with Gasteiger partial charge in [-0.3, -0.25) is 0 Å². The quantitative estimate of drug-likeness (QED) is 0.601. The lowest BCUT2D eigenvalue weighted by Crippen LogP contribution is -2.06. The standard InChI is InChI=1S/C18H18BrN3OS/c1-2-23-15-9-17(24-11-15)16-10-18(22-12-21-16)20-7-6-13-4-3-5-14(19)8-13/h3-5,8-12H,2,6-7H2,1H3,(H,20,21,22). The van der Waals surface area contributed by atoms with Crippen LogP contribution in [0, 0.1) is 0 Å². The van der Waals surface area contributed by atoms with E-state index < -0.39 is 0 Å². The fourth-order valence-electron chi connectivity index (χ4n) is 2.31. The van der Waals surface area contributed by atoms with Crippen LogP contribution in [0.2, 0.25) is 0 Å². The smallest absolute Gasteiger partial charge is 0.130 e. The molecule has 4 nitrogen and oxygen atoms in total. The minimum atomic E-state index is 0.669. The summed E-state index contributed by atoms with van der Waals surface area (Å²) in [7, 11) is 0. The fraction of sp³-hybridized carbons (Fsp3) is 0.222. The van der Waals surface area contributed by atoms with Crippen LogP contribution >= 0.6 is 27.3 Å². The number of nitrogens with one attached hydrogen (secondary N) is 1. The molecule has 0 fully saturated rings. The predicted molar refractivity (Wildman–Crippen MR) is 103 cm³/mol. The van der Waals surface area contributed by atoms with Gasteiger partial charge in [-0.15, -0.1) is 11.3 Å². The molecule has 1 aromatic carbocycles. The van der Waals surface area contributed by atoms with Crippen LogP contribution in [-0.4, -0.2) is 23.1 Å². The maximum atomic E-state index is 5.51. The second-order valence-corrected chi connectivity index (χ2v) is 7.00. The van der Waals surface area contributed by atoms with E-state index in [0.29, 0.717) is 6.61 Å². The van der Waals surface area contributed by atoms with Crippen LogP contribution in [0.15, 0.2) is 52.6 Å². The van der Waals surface area contributed by atoms with E-state index in [1.165, 1.54) is 5.56 Å². The molecule has 0 aliphatic carbocycles. The van der Waals surface area contributed by atoms with Crippen LogP contribution < -0.4 is 10.1 Å². The number of nitrogens with zero attached hydrogens (tertiary/aromatic N) is 2. The first-order valence-electron chi connectivity index (χ1n) is 7.76. The molecule has 0 aliphatic heterocycles. The number of halogens is 1. The van der Waals surface area contributed by atoms with Crippen LogP contribution in [0.5, 0.6) is 5.75 Å². The van der Waals surface area contributed by atoms with Gasteiger partial charge < -0.3 is 10.1 Å². The Morgan fingerprint density at radius 2 is 2.12 bits per heavy atom. The fourth-order valence-corrected chi connectivity index (χ4v) is 3.55. The maximum Gasteiger partial charge on any atom is 0.130 e. The third-order valence-electron chi connectivity index (χ3n) is 3.41. The Morgan fingerprint density at radius 1 is 1.21 bits per heavy atom. The van der Waals surface area contributed by atoms with Gasteiger partial charge in [-0.2, -0.15) is 0 Å². The second kappa shape index (κ2) is 8.26. The van der Waals surface area contributed by atoms with Crippen molar-refractivity contribution in [1.29, 1.82) is 0 Å². The summed E-state index contributed by atoms with van der Waals surface area (Å²) in [6, 6.07) is 12.3. The highest BCUT2D eigenvalue weighted by atomic mass is 79.9. The van der Waals surface area contributed by atoms with E-state index in [2.05, 4.69) is 49.4 Å². The number of hydrogen-bond acceptors (Lipinski definition) is 5.